The number of carbonyl (C=O) groups excluding carboxylic acids is 2. The van der Waals surface area contributed by atoms with Crippen LogP contribution in [0.2, 0.25) is 0 Å². The van der Waals surface area contributed by atoms with E-state index in [4.69, 9.17) is 4.74 Å². The number of aromatic nitrogens is 2. The average Bonchev–Trinajstić information content (AvgIpc) is 3.26. The van der Waals surface area contributed by atoms with Crippen LogP contribution in [0, 0.1) is 5.82 Å². The van der Waals surface area contributed by atoms with Crippen molar-refractivity contribution in [1.82, 2.24) is 15.1 Å². The minimum absolute atomic E-state index is 0.0167. The summed E-state index contributed by atoms with van der Waals surface area (Å²) in [7, 11) is 0. The molecule has 2 N–H and O–H groups in total. The standard InChI is InChI=1S/C28H22FN5O3/c29-20-14-7-13-19-22(17-9-3-1-4-10-17)30-25(27(36)31-24(19)20)32-26(35)21-23(18-11-5-2-6-12-18)33-34-15-8-16-37-28(21)34/h1-7,9-14,25H,8,15-16H2,(H,31,36)(H,32,35)/t25-/m1/s1. The van der Waals surface area contributed by atoms with Crippen molar-refractivity contribution in [3.63, 3.8) is 0 Å². The van der Waals surface area contributed by atoms with Gasteiger partial charge in [-0.05, 0) is 6.07 Å². The molecule has 2 amide bonds. The van der Waals surface area contributed by atoms with Crippen LogP contribution in [0.4, 0.5) is 10.1 Å². The van der Waals surface area contributed by atoms with Crippen molar-refractivity contribution in [1.29, 1.82) is 0 Å². The number of amides is 2. The number of rotatable bonds is 4. The molecule has 1 atom stereocenters. The molecule has 0 saturated carbocycles. The first kappa shape index (κ1) is 22.7. The smallest absolute Gasteiger partial charge is 0.269 e. The number of nitrogens with zero attached hydrogens (tertiary/aromatic N) is 3. The first-order valence-electron chi connectivity index (χ1n) is 11.9. The minimum Gasteiger partial charge on any atom is -0.477 e. The highest BCUT2D eigenvalue weighted by molar-refractivity contribution is 6.20. The lowest BCUT2D eigenvalue weighted by Gasteiger charge is -2.17. The average molecular weight is 496 g/mol. The Bertz CT molecular complexity index is 1530. The fourth-order valence-electron chi connectivity index (χ4n) is 4.55. The number of anilines is 1. The van der Waals surface area contributed by atoms with Crippen LogP contribution in [-0.2, 0) is 11.3 Å². The summed E-state index contributed by atoms with van der Waals surface area (Å²) in [4.78, 5) is 31.5. The molecule has 2 aliphatic heterocycles. The molecule has 6 rings (SSSR count). The van der Waals surface area contributed by atoms with Crippen molar-refractivity contribution in [2.45, 2.75) is 19.1 Å². The normalized spacial score (nSPS) is 16.4. The van der Waals surface area contributed by atoms with Crippen LogP contribution in [0.15, 0.2) is 83.9 Å². The van der Waals surface area contributed by atoms with E-state index in [0.717, 1.165) is 12.0 Å². The molecule has 0 aliphatic carbocycles. The van der Waals surface area contributed by atoms with Gasteiger partial charge in [-0.25, -0.2) is 14.1 Å². The quantitative estimate of drug-likeness (QED) is 0.447. The van der Waals surface area contributed by atoms with Crippen LogP contribution in [0.25, 0.3) is 11.3 Å². The number of halogens is 1. The molecule has 37 heavy (non-hydrogen) atoms. The summed E-state index contributed by atoms with van der Waals surface area (Å²) in [5, 5.41) is 9.96. The molecule has 8 nitrogen and oxygen atoms in total. The molecule has 3 aromatic carbocycles. The Labute approximate surface area is 211 Å². The first-order chi connectivity index (χ1) is 18.1. The monoisotopic (exact) mass is 495 g/mol. The number of carbonyl (C=O) groups is 2. The van der Waals surface area contributed by atoms with Crippen molar-refractivity contribution < 1.29 is 18.7 Å². The number of ether oxygens (including phenoxy) is 1. The van der Waals surface area contributed by atoms with Gasteiger partial charge in [0.15, 0.2) is 0 Å². The molecule has 0 radical (unpaired) electrons. The van der Waals surface area contributed by atoms with Crippen molar-refractivity contribution >= 4 is 23.2 Å². The number of aliphatic imine (C=N–C) groups is 1. The molecular formula is C28H22FN5O3. The van der Waals surface area contributed by atoms with Gasteiger partial charge >= 0.3 is 0 Å². The largest absolute Gasteiger partial charge is 0.477 e. The molecule has 2 aliphatic rings. The number of nitrogens with one attached hydrogen (secondary N) is 2. The Morgan fingerprint density at radius 3 is 2.49 bits per heavy atom. The molecule has 0 spiro atoms. The molecule has 4 aromatic rings. The van der Waals surface area contributed by atoms with E-state index in [2.05, 4.69) is 20.7 Å². The Morgan fingerprint density at radius 2 is 1.73 bits per heavy atom. The predicted octanol–water partition coefficient (Wildman–Crippen LogP) is 4.02. The zero-order chi connectivity index (χ0) is 25.4. The summed E-state index contributed by atoms with van der Waals surface area (Å²) >= 11 is 0. The molecule has 0 bridgehead atoms. The van der Waals surface area contributed by atoms with Gasteiger partial charge in [-0.1, -0.05) is 72.8 Å². The number of hydrogen-bond donors (Lipinski definition) is 2. The van der Waals surface area contributed by atoms with Gasteiger partial charge in [0.05, 0.1) is 18.0 Å². The van der Waals surface area contributed by atoms with Crippen molar-refractivity contribution in [2.24, 2.45) is 4.99 Å². The maximum Gasteiger partial charge on any atom is 0.269 e. The summed E-state index contributed by atoms with van der Waals surface area (Å²) in [6.45, 7) is 1.06. The van der Waals surface area contributed by atoms with Crippen molar-refractivity contribution in [3.8, 4) is 17.1 Å². The van der Waals surface area contributed by atoms with Gasteiger partial charge in [0, 0.05) is 29.7 Å². The summed E-state index contributed by atoms with van der Waals surface area (Å²) in [6.07, 6.45) is -0.555. The molecular weight excluding hydrogens is 473 g/mol. The van der Waals surface area contributed by atoms with Gasteiger partial charge in [0.2, 0.25) is 12.0 Å². The van der Waals surface area contributed by atoms with E-state index in [1.54, 1.807) is 16.8 Å². The summed E-state index contributed by atoms with van der Waals surface area (Å²) in [6, 6.07) is 23.0. The number of hydrogen-bond acceptors (Lipinski definition) is 5. The van der Waals surface area contributed by atoms with Gasteiger partial charge in [0.1, 0.15) is 17.1 Å². The third kappa shape index (κ3) is 4.14. The van der Waals surface area contributed by atoms with E-state index in [0.29, 0.717) is 41.6 Å². The maximum absolute atomic E-state index is 14.8. The lowest BCUT2D eigenvalue weighted by Crippen LogP contribution is -2.42. The van der Waals surface area contributed by atoms with Crippen LogP contribution in [0.3, 0.4) is 0 Å². The van der Waals surface area contributed by atoms with Crippen molar-refractivity contribution in [3.05, 3.63) is 101 Å². The zero-order valence-electron chi connectivity index (χ0n) is 19.6. The molecule has 0 unspecified atom stereocenters. The summed E-state index contributed by atoms with van der Waals surface area (Å²) in [5.74, 6) is -1.47. The van der Waals surface area contributed by atoms with E-state index in [-0.39, 0.29) is 11.3 Å². The van der Waals surface area contributed by atoms with E-state index in [1.807, 2.05) is 60.7 Å². The number of para-hydroxylation sites is 1. The highest BCUT2D eigenvalue weighted by Gasteiger charge is 2.33. The number of aryl methyl sites for hydroxylation is 1. The van der Waals surface area contributed by atoms with Gasteiger partial charge < -0.3 is 15.4 Å². The molecule has 0 fully saturated rings. The van der Waals surface area contributed by atoms with Crippen LogP contribution >= 0.6 is 0 Å². The topological polar surface area (TPSA) is 97.6 Å². The highest BCUT2D eigenvalue weighted by atomic mass is 19.1. The zero-order valence-corrected chi connectivity index (χ0v) is 19.6. The van der Waals surface area contributed by atoms with Gasteiger partial charge in [-0.2, -0.15) is 5.10 Å². The summed E-state index contributed by atoms with van der Waals surface area (Å²) < 4.78 is 22.3. The van der Waals surface area contributed by atoms with Crippen LogP contribution in [0.5, 0.6) is 5.88 Å². The fourth-order valence-corrected chi connectivity index (χ4v) is 4.55. The van der Waals surface area contributed by atoms with Gasteiger partial charge in [-0.15, -0.1) is 0 Å². The molecule has 3 heterocycles. The van der Waals surface area contributed by atoms with E-state index in [9.17, 15) is 14.0 Å². The Kier molecular flexibility index (Phi) is 5.72. The third-order valence-electron chi connectivity index (χ3n) is 6.27. The Morgan fingerprint density at radius 1 is 1.00 bits per heavy atom. The number of benzodiazepines with no additional fused rings is 1. The molecule has 184 valence electrons. The second-order valence-corrected chi connectivity index (χ2v) is 8.69. The minimum atomic E-state index is -1.32. The van der Waals surface area contributed by atoms with E-state index >= 15 is 0 Å². The second-order valence-electron chi connectivity index (χ2n) is 8.69. The van der Waals surface area contributed by atoms with E-state index < -0.39 is 23.8 Å². The maximum atomic E-state index is 14.8. The predicted molar refractivity (Wildman–Crippen MR) is 136 cm³/mol. The Hall–Kier alpha value is -4.79. The van der Waals surface area contributed by atoms with Gasteiger partial charge in [0.25, 0.3) is 11.8 Å². The fraction of sp³-hybridized carbons (Fsp3) is 0.143. The number of fused-ring (bicyclic) bond motifs is 2. The highest BCUT2D eigenvalue weighted by Crippen LogP contribution is 2.33. The Balaban J connectivity index is 1.42. The van der Waals surface area contributed by atoms with Crippen LogP contribution < -0.4 is 15.4 Å². The molecule has 9 heteroatoms. The van der Waals surface area contributed by atoms with Crippen LogP contribution in [0.1, 0.15) is 27.9 Å². The lowest BCUT2D eigenvalue weighted by molar-refractivity contribution is -0.117. The van der Waals surface area contributed by atoms with Crippen LogP contribution in [-0.4, -0.2) is 40.1 Å². The van der Waals surface area contributed by atoms with Crippen molar-refractivity contribution in [2.75, 3.05) is 11.9 Å². The first-order valence-corrected chi connectivity index (χ1v) is 11.9. The SMILES string of the molecule is O=C(N[C@H]1N=C(c2ccccc2)c2cccc(F)c2NC1=O)c1c(-c2ccccc2)nn2c1OCCC2. The summed E-state index contributed by atoms with van der Waals surface area (Å²) in [5.41, 5.74) is 2.92. The lowest BCUT2D eigenvalue weighted by atomic mass is 10.0. The third-order valence-corrected chi connectivity index (χ3v) is 6.27. The second kappa shape index (κ2) is 9.34. The molecule has 1 aromatic heterocycles. The van der Waals surface area contributed by atoms with Gasteiger partial charge in [-0.3, -0.25) is 9.59 Å². The van der Waals surface area contributed by atoms with E-state index in [1.165, 1.54) is 6.07 Å². The molecule has 0 saturated heterocycles. The number of benzene rings is 3.